The van der Waals surface area contributed by atoms with Crippen LogP contribution in [-0.2, 0) is 12.8 Å². The maximum absolute atomic E-state index is 12.2. The number of aromatic nitrogens is 2. The van der Waals surface area contributed by atoms with Gasteiger partial charge in [0.15, 0.2) is 0 Å². The van der Waals surface area contributed by atoms with E-state index in [1.807, 2.05) is 0 Å². The quantitative estimate of drug-likeness (QED) is 0.663. The smallest absolute Gasteiger partial charge is 0.274 e. The first-order chi connectivity index (χ1) is 13.0. The summed E-state index contributed by atoms with van der Waals surface area (Å²) in [5.74, 6) is 0.390. The number of rotatable bonds is 3. The van der Waals surface area contributed by atoms with E-state index in [1.54, 1.807) is 48.7 Å². The van der Waals surface area contributed by atoms with E-state index in [-0.39, 0.29) is 17.7 Å². The van der Waals surface area contributed by atoms with Gasteiger partial charge in [-0.3, -0.25) is 14.3 Å². The van der Waals surface area contributed by atoms with Crippen molar-refractivity contribution >= 4 is 11.6 Å². The highest BCUT2D eigenvalue weighted by molar-refractivity contribution is 6.02. The SMILES string of the molecule is CC1CCc2c(c(O)n(-c3ccc(NC(=O)c4ccccn4)cc3)c2O)C1. The molecule has 1 unspecified atom stereocenters. The van der Waals surface area contributed by atoms with E-state index in [0.717, 1.165) is 30.4 Å². The number of carbonyl (C=O) groups is 1. The monoisotopic (exact) mass is 363 g/mol. The van der Waals surface area contributed by atoms with Crippen LogP contribution in [0.1, 0.15) is 35.0 Å². The maximum atomic E-state index is 12.2. The van der Waals surface area contributed by atoms with Crippen molar-refractivity contribution < 1.29 is 15.0 Å². The zero-order chi connectivity index (χ0) is 19.0. The van der Waals surface area contributed by atoms with Gasteiger partial charge >= 0.3 is 0 Å². The highest BCUT2D eigenvalue weighted by atomic mass is 16.3. The summed E-state index contributed by atoms with van der Waals surface area (Å²) in [6, 6.07) is 12.1. The standard InChI is InChI=1S/C21H21N3O3/c1-13-5-10-16-17(12-13)21(27)24(20(16)26)15-8-6-14(7-9-15)23-19(25)18-4-2-3-11-22-18/h2-4,6-9,11,13,26-27H,5,10,12H2,1H3,(H,23,25). The zero-order valence-electron chi connectivity index (χ0n) is 15.0. The molecule has 6 heteroatoms. The van der Waals surface area contributed by atoms with Gasteiger partial charge in [0, 0.05) is 23.0 Å². The number of nitrogens with zero attached hydrogens (tertiary/aromatic N) is 2. The van der Waals surface area contributed by atoms with E-state index in [1.165, 1.54) is 4.57 Å². The van der Waals surface area contributed by atoms with Crippen molar-refractivity contribution in [1.29, 1.82) is 0 Å². The predicted molar refractivity (Wildman–Crippen MR) is 102 cm³/mol. The molecular formula is C21H21N3O3. The van der Waals surface area contributed by atoms with E-state index in [2.05, 4.69) is 17.2 Å². The Morgan fingerprint density at radius 3 is 2.56 bits per heavy atom. The molecule has 1 aliphatic carbocycles. The van der Waals surface area contributed by atoms with Crippen LogP contribution in [0.4, 0.5) is 5.69 Å². The van der Waals surface area contributed by atoms with Crippen molar-refractivity contribution in [2.75, 3.05) is 5.32 Å². The highest BCUT2D eigenvalue weighted by Crippen LogP contribution is 2.42. The molecule has 0 aliphatic heterocycles. The van der Waals surface area contributed by atoms with Crippen LogP contribution in [0.2, 0.25) is 0 Å². The summed E-state index contributed by atoms with van der Waals surface area (Å²) in [4.78, 5) is 16.2. The van der Waals surface area contributed by atoms with Gasteiger partial charge in [0.25, 0.3) is 5.91 Å². The van der Waals surface area contributed by atoms with Gasteiger partial charge in [0.05, 0.1) is 5.69 Å². The highest BCUT2D eigenvalue weighted by Gasteiger charge is 2.27. The molecular weight excluding hydrogens is 342 g/mol. The number of pyridine rings is 1. The van der Waals surface area contributed by atoms with Crippen LogP contribution in [0.3, 0.4) is 0 Å². The summed E-state index contributed by atoms with van der Waals surface area (Å²) in [6.45, 7) is 2.15. The molecule has 6 nitrogen and oxygen atoms in total. The summed E-state index contributed by atoms with van der Waals surface area (Å²) in [5.41, 5.74) is 3.25. The number of anilines is 1. The average molecular weight is 363 g/mol. The fourth-order valence-electron chi connectivity index (χ4n) is 3.59. The lowest BCUT2D eigenvalue weighted by Gasteiger charge is -2.17. The van der Waals surface area contributed by atoms with Gasteiger partial charge in [-0.05, 0) is 61.6 Å². The van der Waals surface area contributed by atoms with Gasteiger partial charge in [-0.15, -0.1) is 0 Å². The Morgan fingerprint density at radius 1 is 1.11 bits per heavy atom. The Bertz CT molecular complexity index is 978. The molecule has 3 N–H and O–H groups in total. The predicted octanol–water partition coefficient (Wildman–Crippen LogP) is 3.66. The molecule has 0 bridgehead atoms. The number of fused-ring (bicyclic) bond motifs is 1. The van der Waals surface area contributed by atoms with Gasteiger partial charge in [-0.25, -0.2) is 0 Å². The second-order valence-corrected chi connectivity index (χ2v) is 7.00. The van der Waals surface area contributed by atoms with Crippen LogP contribution in [0, 0.1) is 5.92 Å². The van der Waals surface area contributed by atoms with Crippen LogP contribution < -0.4 is 5.32 Å². The lowest BCUT2D eigenvalue weighted by Crippen LogP contribution is -2.13. The first-order valence-corrected chi connectivity index (χ1v) is 9.01. The molecule has 2 heterocycles. The largest absolute Gasteiger partial charge is 0.494 e. The normalized spacial score (nSPS) is 16.0. The molecule has 0 fully saturated rings. The van der Waals surface area contributed by atoms with Gasteiger partial charge in [0.2, 0.25) is 11.8 Å². The minimum Gasteiger partial charge on any atom is -0.494 e. The van der Waals surface area contributed by atoms with Crippen LogP contribution >= 0.6 is 0 Å². The first kappa shape index (κ1) is 17.1. The molecule has 1 amide bonds. The number of nitrogens with one attached hydrogen (secondary N) is 1. The second kappa shape index (κ2) is 6.79. The van der Waals surface area contributed by atoms with E-state index < -0.39 is 0 Å². The Balaban J connectivity index is 1.59. The molecule has 1 atom stereocenters. The van der Waals surface area contributed by atoms with Crippen molar-refractivity contribution in [2.24, 2.45) is 5.92 Å². The number of carbonyl (C=O) groups excluding carboxylic acids is 1. The topological polar surface area (TPSA) is 87.4 Å². The molecule has 0 saturated heterocycles. The molecule has 1 aliphatic rings. The number of aromatic hydroxyl groups is 2. The Hall–Kier alpha value is -3.28. The van der Waals surface area contributed by atoms with E-state index in [4.69, 9.17) is 0 Å². The number of benzene rings is 1. The molecule has 1 aromatic carbocycles. The first-order valence-electron chi connectivity index (χ1n) is 9.01. The summed E-state index contributed by atoms with van der Waals surface area (Å²) < 4.78 is 1.47. The lowest BCUT2D eigenvalue weighted by molar-refractivity contribution is 0.102. The second-order valence-electron chi connectivity index (χ2n) is 7.00. The van der Waals surface area contributed by atoms with Crippen molar-refractivity contribution in [3.8, 4) is 17.4 Å². The molecule has 4 rings (SSSR count). The summed E-state index contributed by atoms with van der Waals surface area (Å²) >= 11 is 0. The maximum Gasteiger partial charge on any atom is 0.274 e. The number of hydrogen-bond donors (Lipinski definition) is 3. The Labute approximate surface area is 157 Å². The average Bonchev–Trinajstić information content (AvgIpc) is 2.93. The number of amides is 1. The van der Waals surface area contributed by atoms with E-state index in [9.17, 15) is 15.0 Å². The molecule has 0 radical (unpaired) electrons. The van der Waals surface area contributed by atoms with E-state index >= 15 is 0 Å². The molecule has 3 aromatic rings. The Morgan fingerprint density at radius 2 is 1.85 bits per heavy atom. The molecule has 0 saturated carbocycles. The van der Waals surface area contributed by atoms with Crippen LogP contribution in [-0.4, -0.2) is 25.7 Å². The summed E-state index contributed by atoms with van der Waals surface area (Å²) in [5, 5.41) is 24.0. The third kappa shape index (κ3) is 3.14. The van der Waals surface area contributed by atoms with Crippen LogP contribution in [0.25, 0.3) is 5.69 Å². The minimum atomic E-state index is -0.292. The summed E-state index contributed by atoms with van der Waals surface area (Å²) in [7, 11) is 0. The summed E-state index contributed by atoms with van der Waals surface area (Å²) in [6.07, 6.45) is 4.10. The van der Waals surface area contributed by atoms with Crippen LogP contribution in [0.15, 0.2) is 48.7 Å². The molecule has 2 aromatic heterocycles. The fraction of sp³-hybridized carbons (Fsp3) is 0.238. The molecule has 27 heavy (non-hydrogen) atoms. The van der Waals surface area contributed by atoms with Crippen molar-refractivity contribution in [2.45, 2.75) is 26.2 Å². The van der Waals surface area contributed by atoms with Crippen LogP contribution in [0.5, 0.6) is 11.8 Å². The zero-order valence-corrected chi connectivity index (χ0v) is 15.0. The Kier molecular flexibility index (Phi) is 4.32. The third-order valence-corrected chi connectivity index (χ3v) is 5.05. The van der Waals surface area contributed by atoms with Gasteiger partial charge in [-0.1, -0.05) is 13.0 Å². The van der Waals surface area contributed by atoms with Gasteiger partial charge in [0.1, 0.15) is 5.69 Å². The minimum absolute atomic E-state index is 0.0966. The van der Waals surface area contributed by atoms with Gasteiger partial charge < -0.3 is 15.5 Å². The lowest BCUT2D eigenvalue weighted by atomic mass is 9.87. The van der Waals surface area contributed by atoms with E-state index in [0.29, 0.717) is 23.0 Å². The van der Waals surface area contributed by atoms with Gasteiger partial charge in [-0.2, -0.15) is 0 Å². The third-order valence-electron chi connectivity index (χ3n) is 5.05. The van der Waals surface area contributed by atoms with Crippen molar-refractivity contribution in [3.05, 3.63) is 65.5 Å². The fourth-order valence-corrected chi connectivity index (χ4v) is 3.59. The van der Waals surface area contributed by atoms with Crippen molar-refractivity contribution in [1.82, 2.24) is 9.55 Å². The van der Waals surface area contributed by atoms with Crippen molar-refractivity contribution in [3.63, 3.8) is 0 Å². The molecule has 138 valence electrons. The number of hydrogen-bond acceptors (Lipinski definition) is 4. The molecule has 0 spiro atoms.